The van der Waals surface area contributed by atoms with E-state index in [0.717, 1.165) is 17.1 Å². The second kappa shape index (κ2) is 9.78. The summed E-state index contributed by atoms with van der Waals surface area (Å²) in [5, 5.41) is 7.26. The van der Waals surface area contributed by atoms with Crippen molar-refractivity contribution in [2.45, 2.75) is 32.9 Å². The average Bonchev–Trinajstić information content (AvgIpc) is 3.18. The van der Waals surface area contributed by atoms with Gasteiger partial charge in [-0.2, -0.15) is 5.10 Å². The molecule has 0 bridgehead atoms. The molecule has 1 amide bonds. The van der Waals surface area contributed by atoms with Gasteiger partial charge in [-0.25, -0.2) is 4.68 Å². The lowest BCUT2D eigenvalue weighted by molar-refractivity contribution is -0.121. The van der Waals surface area contributed by atoms with Crippen LogP contribution >= 0.6 is 0 Å². The molecule has 0 aliphatic rings. The van der Waals surface area contributed by atoms with E-state index in [1.165, 1.54) is 17.9 Å². The van der Waals surface area contributed by atoms with Crippen LogP contribution in [0.15, 0.2) is 51.7 Å². The molecule has 0 unspecified atom stereocenters. The molecule has 0 aliphatic heterocycles. The molecule has 30 heavy (non-hydrogen) atoms. The zero-order chi connectivity index (χ0) is 21.5. The minimum Gasteiger partial charge on any atom is -0.497 e. The molecule has 0 aliphatic carbocycles. The maximum atomic E-state index is 12.4. The predicted octanol–water partition coefficient (Wildman–Crippen LogP) is 2.93. The SMILES string of the molecule is COc1ccc(-c2nn(CCCC(=O)NCc3ccc(C)o3)c(=O)cc2OC)cc1. The van der Waals surface area contributed by atoms with E-state index in [0.29, 0.717) is 36.7 Å². The number of hydrogen-bond acceptors (Lipinski definition) is 6. The standard InChI is InChI=1S/C22H25N3O5/c1-15-6-9-18(30-15)14-23-20(26)5-4-12-25-21(27)13-19(29-3)22(24-25)16-7-10-17(28-2)11-8-16/h6-11,13H,4-5,12,14H2,1-3H3,(H,23,26). The van der Waals surface area contributed by atoms with Gasteiger partial charge in [-0.3, -0.25) is 9.59 Å². The Balaban J connectivity index is 1.63. The van der Waals surface area contributed by atoms with Gasteiger partial charge < -0.3 is 19.2 Å². The van der Waals surface area contributed by atoms with Crippen LogP contribution in [0, 0.1) is 6.92 Å². The molecule has 158 valence electrons. The van der Waals surface area contributed by atoms with Crippen LogP contribution in [0.5, 0.6) is 11.5 Å². The van der Waals surface area contributed by atoms with Crippen molar-refractivity contribution in [1.82, 2.24) is 15.1 Å². The molecule has 0 radical (unpaired) electrons. The first-order valence-electron chi connectivity index (χ1n) is 9.62. The number of amides is 1. The molecule has 3 rings (SSSR count). The topological polar surface area (TPSA) is 95.6 Å². The zero-order valence-corrected chi connectivity index (χ0v) is 17.3. The zero-order valence-electron chi connectivity index (χ0n) is 17.3. The summed E-state index contributed by atoms with van der Waals surface area (Å²) >= 11 is 0. The number of ether oxygens (including phenoxy) is 2. The summed E-state index contributed by atoms with van der Waals surface area (Å²) in [6, 6.07) is 12.4. The minimum absolute atomic E-state index is 0.110. The first-order chi connectivity index (χ1) is 14.5. The van der Waals surface area contributed by atoms with Crippen molar-refractivity contribution in [3.05, 3.63) is 64.3 Å². The van der Waals surface area contributed by atoms with Crippen molar-refractivity contribution in [2.75, 3.05) is 14.2 Å². The molecule has 0 spiro atoms. The molecule has 0 saturated heterocycles. The number of carbonyl (C=O) groups is 1. The molecule has 3 aromatic rings. The maximum Gasteiger partial charge on any atom is 0.270 e. The molecule has 0 fully saturated rings. The molecule has 2 heterocycles. The van der Waals surface area contributed by atoms with E-state index in [1.807, 2.05) is 43.3 Å². The number of carbonyl (C=O) groups excluding carboxylic acids is 1. The van der Waals surface area contributed by atoms with Gasteiger partial charge in [-0.05, 0) is 49.7 Å². The van der Waals surface area contributed by atoms with Crippen LogP contribution < -0.4 is 20.3 Å². The lowest BCUT2D eigenvalue weighted by atomic mass is 10.1. The Kier molecular flexibility index (Phi) is 6.90. The molecule has 8 heteroatoms. The van der Waals surface area contributed by atoms with Crippen molar-refractivity contribution < 1.29 is 18.7 Å². The van der Waals surface area contributed by atoms with E-state index in [-0.39, 0.29) is 17.9 Å². The lowest BCUT2D eigenvalue weighted by Gasteiger charge is -2.12. The molecule has 1 aromatic carbocycles. The van der Waals surface area contributed by atoms with Crippen LogP contribution in [-0.4, -0.2) is 29.9 Å². The van der Waals surface area contributed by atoms with E-state index in [9.17, 15) is 9.59 Å². The van der Waals surface area contributed by atoms with Gasteiger partial charge in [-0.15, -0.1) is 0 Å². The summed E-state index contributed by atoms with van der Waals surface area (Å²) in [5.74, 6) is 2.52. The number of hydrogen-bond donors (Lipinski definition) is 1. The Morgan fingerprint density at radius 3 is 2.53 bits per heavy atom. The minimum atomic E-state index is -0.282. The predicted molar refractivity (Wildman–Crippen MR) is 112 cm³/mol. The van der Waals surface area contributed by atoms with E-state index < -0.39 is 0 Å². The van der Waals surface area contributed by atoms with Gasteiger partial charge in [0, 0.05) is 24.6 Å². The number of rotatable bonds is 9. The summed E-state index contributed by atoms with van der Waals surface area (Å²) in [7, 11) is 3.10. The number of nitrogens with one attached hydrogen (secondary N) is 1. The summed E-state index contributed by atoms with van der Waals surface area (Å²) < 4.78 is 17.3. The Hall–Kier alpha value is -3.55. The fraction of sp³-hybridized carbons (Fsp3) is 0.318. The third-order valence-corrected chi connectivity index (χ3v) is 4.58. The first kappa shape index (κ1) is 21.2. The van der Waals surface area contributed by atoms with Crippen molar-refractivity contribution in [3.8, 4) is 22.8 Å². The number of methoxy groups -OCH3 is 2. The highest BCUT2D eigenvalue weighted by Gasteiger charge is 2.13. The van der Waals surface area contributed by atoms with Gasteiger partial charge in [0.15, 0.2) is 5.75 Å². The van der Waals surface area contributed by atoms with Gasteiger partial charge in [-0.1, -0.05) is 0 Å². The molecular formula is C22H25N3O5. The Morgan fingerprint density at radius 1 is 1.13 bits per heavy atom. The summed E-state index contributed by atoms with van der Waals surface area (Å²) in [6.07, 6.45) is 0.752. The van der Waals surface area contributed by atoms with Crippen molar-refractivity contribution in [3.63, 3.8) is 0 Å². The van der Waals surface area contributed by atoms with Gasteiger partial charge in [0.1, 0.15) is 23.0 Å². The molecule has 0 atom stereocenters. The van der Waals surface area contributed by atoms with Crippen molar-refractivity contribution in [2.24, 2.45) is 0 Å². The Bertz CT molecular complexity index is 1050. The van der Waals surface area contributed by atoms with Gasteiger partial charge >= 0.3 is 0 Å². The van der Waals surface area contributed by atoms with Crippen molar-refractivity contribution >= 4 is 5.91 Å². The summed E-state index contributed by atoms with van der Waals surface area (Å²) in [5.41, 5.74) is 1.07. The van der Waals surface area contributed by atoms with Gasteiger partial charge in [0.2, 0.25) is 5.91 Å². The van der Waals surface area contributed by atoms with Crippen LogP contribution in [0.25, 0.3) is 11.3 Å². The number of aromatic nitrogens is 2. The second-order valence-electron chi connectivity index (χ2n) is 6.74. The second-order valence-corrected chi connectivity index (χ2v) is 6.74. The van der Waals surface area contributed by atoms with E-state index in [1.54, 1.807) is 7.11 Å². The van der Waals surface area contributed by atoms with Crippen LogP contribution in [0.4, 0.5) is 0 Å². The number of furan rings is 1. The molecular weight excluding hydrogens is 386 g/mol. The number of benzene rings is 1. The fourth-order valence-corrected chi connectivity index (χ4v) is 2.98. The quantitative estimate of drug-likeness (QED) is 0.582. The number of nitrogens with zero attached hydrogens (tertiary/aromatic N) is 2. The fourth-order valence-electron chi connectivity index (χ4n) is 2.98. The Labute approximate surface area is 174 Å². The van der Waals surface area contributed by atoms with Crippen LogP contribution in [-0.2, 0) is 17.9 Å². The van der Waals surface area contributed by atoms with E-state index in [2.05, 4.69) is 10.4 Å². The molecule has 2 aromatic heterocycles. The monoisotopic (exact) mass is 411 g/mol. The average molecular weight is 411 g/mol. The highest BCUT2D eigenvalue weighted by Crippen LogP contribution is 2.27. The first-order valence-corrected chi connectivity index (χ1v) is 9.62. The number of aryl methyl sites for hydroxylation is 2. The largest absolute Gasteiger partial charge is 0.497 e. The summed E-state index contributed by atoms with van der Waals surface area (Å²) in [6.45, 7) is 2.51. The van der Waals surface area contributed by atoms with Crippen LogP contribution in [0.2, 0.25) is 0 Å². The smallest absolute Gasteiger partial charge is 0.270 e. The highest BCUT2D eigenvalue weighted by molar-refractivity contribution is 5.75. The van der Waals surface area contributed by atoms with Gasteiger partial charge in [0.25, 0.3) is 5.56 Å². The van der Waals surface area contributed by atoms with Crippen LogP contribution in [0.1, 0.15) is 24.4 Å². The third-order valence-electron chi connectivity index (χ3n) is 4.58. The lowest BCUT2D eigenvalue weighted by Crippen LogP contribution is -2.26. The summed E-state index contributed by atoms with van der Waals surface area (Å²) in [4.78, 5) is 24.4. The van der Waals surface area contributed by atoms with Crippen LogP contribution in [0.3, 0.4) is 0 Å². The van der Waals surface area contributed by atoms with E-state index >= 15 is 0 Å². The normalized spacial score (nSPS) is 10.6. The molecule has 1 N–H and O–H groups in total. The Morgan fingerprint density at radius 2 is 1.90 bits per heavy atom. The van der Waals surface area contributed by atoms with Gasteiger partial charge in [0.05, 0.1) is 20.8 Å². The third kappa shape index (κ3) is 5.28. The highest BCUT2D eigenvalue weighted by atomic mass is 16.5. The van der Waals surface area contributed by atoms with E-state index in [4.69, 9.17) is 13.9 Å². The molecule has 0 saturated carbocycles. The van der Waals surface area contributed by atoms with Crippen molar-refractivity contribution in [1.29, 1.82) is 0 Å². The molecule has 8 nitrogen and oxygen atoms in total. The maximum absolute atomic E-state index is 12.4.